The van der Waals surface area contributed by atoms with E-state index < -0.39 is 0 Å². The highest BCUT2D eigenvalue weighted by atomic mass is 16.5. The monoisotopic (exact) mass is 318 g/mol. The van der Waals surface area contributed by atoms with E-state index in [1.54, 1.807) is 7.11 Å². The summed E-state index contributed by atoms with van der Waals surface area (Å²) in [6, 6.07) is 6.44. The van der Waals surface area contributed by atoms with Gasteiger partial charge in [-0.3, -0.25) is 4.79 Å². The smallest absolute Gasteiger partial charge is 0.223 e. The standard InChI is InChI=1S/C19H30N2O2/c1-14(7-6-12-21(2)3)19(22)20-16-11-10-15-8-5-9-18(23-4)17(15)13-16/h5,8-9,14,16H,6-7,10-13H2,1-4H3,(H,20,22). The Kier molecular flexibility index (Phi) is 6.46. The van der Waals surface area contributed by atoms with Crippen LogP contribution in [-0.4, -0.2) is 44.6 Å². The number of hydrogen-bond donors (Lipinski definition) is 1. The van der Waals surface area contributed by atoms with E-state index in [4.69, 9.17) is 4.74 Å². The van der Waals surface area contributed by atoms with Crippen LogP contribution >= 0.6 is 0 Å². The van der Waals surface area contributed by atoms with Gasteiger partial charge in [-0.05, 0) is 69.9 Å². The van der Waals surface area contributed by atoms with Crippen molar-refractivity contribution in [3.05, 3.63) is 29.3 Å². The topological polar surface area (TPSA) is 41.6 Å². The minimum absolute atomic E-state index is 0.0778. The summed E-state index contributed by atoms with van der Waals surface area (Å²) < 4.78 is 5.47. The molecular formula is C19H30N2O2. The number of nitrogens with one attached hydrogen (secondary N) is 1. The number of aryl methyl sites for hydroxylation is 1. The van der Waals surface area contributed by atoms with Crippen LogP contribution in [0.1, 0.15) is 37.3 Å². The molecule has 1 N–H and O–H groups in total. The molecule has 0 heterocycles. The van der Waals surface area contributed by atoms with E-state index in [9.17, 15) is 4.79 Å². The number of amides is 1. The van der Waals surface area contributed by atoms with Crippen LogP contribution in [0.25, 0.3) is 0 Å². The summed E-state index contributed by atoms with van der Waals surface area (Å²) in [4.78, 5) is 14.6. The summed E-state index contributed by atoms with van der Waals surface area (Å²) >= 11 is 0. The first kappa shape index (κ1) is 17.8. The quantitative estimate of drug-likeness (QED) is 0.840. The van der Waals surface area contributed by atoms with Gasteiger partial charge in [-0.15, -0.1) is 0 Å². The molecule has 0 aromatic heterocycles. The Hall–Kier alpha value is -1.55. The highest BCUT2D eigenvalue weighted by Gasteiger charge is 2.24. The molecule has 1 aliphatic rings. The fraction of sp³-hybridized carbons (Fsp3) is 0.632. The summed E-state index contributed by atoms with van der Waals surface area (Å²) in [6.45, 7) is 3.06. The van der Waals surface area contributed by atoms with Gasteiger partial charge in [0.15, 0.2) is 0 Å². The Labute approximate surface area is 140 Å². The second-order valence-electron chi connectivity index (χ2n) is 6.89. The molecule has 0 bridgehead atoms. The highest BCUT2D eigenvalue weighted by molar-refractivity contribution is 5.78. The van der Waals surface area contributed by atoms with Gasteiger partial charge in [0.1, 0.15) is 5.75 Å². The average Bonchev–Trinajstić information content (AvgIpc) is 2.53. The third kappa shape index (κ3) is 4.96. The molecule has 2 unspecified atom stereocenters. The molecule has 0 saturated heterocycles. The van der Waals surface area contributed by atoms with Gasteiger partial charge in [0.25, 0.3) is 0 Å². The van der Waals surface area contributed by atoms with Crippen molar-refractivity contribution in [3.8, 4) is 5.75 Å². The number of hydrogen-bond acceptors (Lipinski definition) is 3. The van der Waals surface area contributed by atoms with E-state index in [1.807, 2.05) is 19.1 Å². The third-order valence-electron chi connectivity index (χ3n) is 4.70. The van der Waals surface area contributed by atoms with Gasteiger partial charge in [0.2, 0.25) is 5.91 Å². The van der Waals surface area contributed by atoms with Gasteiger partial charge >= 0.3 is 0 Å². The van der Waals surface area contributed by atoms with Gasteiger partial charge in [-0.2, -0.15) is 0 Å². The zero-order chi connectivity index (χ0) is 16.8. The van der Waals surface area contributed by atoms with Crippen molar-refractivity contribution >= 4 is 5.91 Å². The molecule has 2 rings (SSSR count). The molecule has 4 nitrogen and oxygen atoms in total. The fourth-order valence-electron chi connectivity index (χ4n) is 3.26. The molecule has 1 aliphatic carbocycles. The van der Waals surface area contributed by atoms with Crippen LogP contribution in [0.15, 0.2) is 18.2 Å². The van der Waals surface area contributed by atoms with Crippen LogP contribution in [0.4, 0.5) is 0 Å². The summed E-state index contributed by atoms with van der Waals surface area (Å²) in [5.74, 6) is 1.21. The predicted molar refractivity (Wildman–Crippen MR) is 93.9 cm³/mol. The number of benzene rings is 1. The second kappa shape index (κ2) is 8.34. The summed E-state index contributed by atoms with van der Waals surface area (Å²) in [7, 11) is 5.85. The number of methoxy groups -OCH3 is 1. The van der Waals surface area contributed by atoms with Gasteiger partial charge in [0.05, 0.1) is 7.11 Å². The van der Waals surface area contributed by atoms with E-state index in [2.05, 4.69) is 30.4 Å². The summed E-state index contributed by atoms with van der Waals surface area (Å²) in [5, 5.41) is 3.24. The van der Waals surface area contributed by atoms with Gasteiger partial charge < -0.3 is 15.0 Å². The summed E-state index contributed by atoms with van der Waals surface area (Å²) in [6.07, 6.45) is 4.89. The van der Waals surface area contributed by atoms with Gasteiger partial charge in [-0.1, -0.05) is 19.1 Å². The van der Waals surface area contributed by atoms with Crippen molar-refractivity contribution in [3.63, 3.8) is 0 Å². The Bertz CT molecular complexity index is 514. The molecule has 0 fully saturated rings. The average molecular weight is 318 g/mol. The maximum absolute atomic E-state index is 12.4. The first-order valence-electron chi connectivity index (χ1n) is 8.61. The Morgan fingerprint density at radius 3 is 2.91 bits per heavy atom. The zero-order valence-corrected chi connectivity index (χ0v) is 14.9. The van der Waals surface area contributed by atoms with Crippen LogP contribution in [0.2, 0.25) is 0 Å². The third-order valence-corrected chi connectivity index (χ3v) is 4.70. The SMILES string of the molecule is COc1cccc2c1CC(NC(=O)C(C)CCCN(C)C)CC2. The van der Waals surface area contributed by atoms with Crippen molar-refractivity contribution in [2.24, 2.45) is 5.92 Å². The van der Waals surface area contributed by atoms with E-state index in [-0.39, 0.29) is 17.9 Å². The first-order chi connectivity index (χ1) is 11.0. The maximum Gasteiger partial charge on any atom is 0.223 e. The number of ether oxygens (including phenoxy) is 1. The van der Waals surface area contributed by atoms with E-state index in [0.29, 0.717) is 0 Å². The lowest BCUT2D eigenvalue weighted by molar-refractivity contribution is -0.125. The minimum atomic E-state index is 0.0778. The van der Waals surface area contributed by atoms with Crippen LogP contribution in [0.5, 0.6) is 5.75 Å². The van der Waals surface area contributed by atoms with Crippen molar-refractivity contribution in [2.45, 2.75) is 45.1 Å². The molecular weight excluding hydrogens is 288 g/mol. The highest BCUT2D eigenvalue weighted by Crippen LogP contribution is 2.29. The lowest BCUT2D eigenvalue weighted by Gasteiger charge is -2.28. The summed E-state index contributed by atoms with van der Waals surface area (Å²) in [5.41, 5.74) is 2.61. The predicted octanol–water partition coefficient (Wildman–Crippen LogP) is 2.65. The van der Waals surface area contributed by atoms with Crippen LogP contribution in [0.3, 0.4) is 0 Å². The molecule has 0 radical (unpaired) electrons. The molecule has 0 spiro atoms. The normalized spacial score (nSPS) is 18.4. The fourth-order valence-corrected chi connectivity index (χ4v) is 3.26. The Balaban J connectivity index is 1.88. The molecule has 0 aliphatic heterocycles. The molecule has 4 heteroatoms. The van der Waals surface area contributed by atoms with Crippen LogP contribution in [-0.2, 0) is 17.6 Å². The zero-order valence-electron chi connectivity index (χ0n) is 14.9. The van der Waals surface area contributed by atoms with E-state index in [0.717, 1.165) is 44.4 Å². The van der Waals surface area contributed by atoms with E-state index >= 15 is 0 Å². The van der Waals surface area contributed by atoms with Gasteiger partial charge in [-0.25, -0.2) is 0 Å². The van der Waals surface area contributed by atoms with E-state index in [1.165, 1.54) is 11.1 Å². The maximum atomic E-state index is 12.4. The number of nitrogens with zero attached hydrogens (tertiary/aromatic N) is 1. The Morgan fingerprint density at radius 2 is 2.22 bits per heavy atom. The molecule has 128 valence electrons. The minimum Gasteiger partial charge on any atom is -0.496 e. The lowest BCUT2D eigenvalue weighted by Crippen LogP contribution is -2.41. The van der Waals surface area contributed by atoms with Crippen molar-refractivity contribution in [1.29, 1.82) is 0 Å². The number of fused-ring (bicyclic) bond motifs is 1. The molecule has 1 aromatic rings. The Morgan fingerprint density at radius 1 is 1.43 bits per heavy atom. The number of carbonyl (C=O) groups excluding carboxylic acids is 1. The lowest BCUT2D eigenvalue weighted by atomic mass is 9.87. The first-order valence-corrected chi connectivity index (χ1v) is 8.61. The molecule has 1 aromatic carbocycles. The number of rotatable bonds is 7. The molecule has 23 heavy (non-hydrogen) atoms. The second-order valence-corrected chi connectivity index (χ2v) is 6.89. The van der Waals surface area contributed by atoms with Crippen LogP contribution in [0, 0.1) is 5.92 Å². The van der Waals surface area contributed by atoms with Gasteiger partial charge in [0, 0.05) is 12.0 Å². The van der Waals surface area contributed by atoms with Crippen LogP contribution < -0.4 is 10.1 Å². The molecule has 2 atom stereocenters. The van der Waals surface area contributed by atoms with Crippen molar-refractivity contribution < 1.29 is 9.53 Å². The molecule has 1 amide bonds. The number of carbonyl (C=O) groups is 1. The molecule has 0 saturated carbocycles. The largest absolute Gasteiger partial charge is 0.496 e. The van der Waals surface area contributed by atoms with Crippen molar-refractivity contribution in [2.75, 3.05) is 27.7 Å². The van der Waals surface area contributed by atoms with Crippen molar-refractivity contribution in [1.82, 2.24) is 10.2 Å².